The number of hydrogen-bond donors (Lipinski definition) is 3. The number of hydrogen-bond acceptors (Lipinski definition) is 7. The fourth-order valence-electron chi connectivity index (χ4n) is 4.49. The number of aliphatic hydroxyl groups excluding tert-OH is 1. The number of aliphatic hydroxyl groups is 1. The highest BCUT2D eigenvalue weighted by atomic mass is 19.4. The van der Waals surface area contributed by atoms with E-state index in [0.717, 1.165) is 19.5 Å². The molecular weight excluding hydrogens is 449 g/mol. The van der Waals surface area contributed by atoms with Gasteiger partial charge in [-0.2, -0.15) is 13.2 Å². The number of amides is 1. The average molecular weight is 479 g/mol. The molecule has 4 rings (SSSR count). The van der Waals surface area contributed by atoms with Crippen LogP contribution in [0.3, 0.4) is 0 Å². The van der Waals surface area contributed by atoms with Crippen LogP contribution in [0, 0.1) is 0 Å². The molecule has 184 valence electrons. The highest BCUT2D eigenvalue weighted by Gasteiger charge is 2.34. The molecule has 8 nitrogen and oxygen atoms in total. The molecule has 0 radical (unpaired) electrons. The van der Waals surface area contributed by atoms with Gasteiger partial charge in [0, 0.05) is 51.4 Å². The molecule has 1 saturated heterocycles. The van der Waals surface area contributed by atoms with Crippen LogP contribution in [0.5, 0.6) is 0 Å². The first-order valence-corrected chi connectivity index (χ1v) is 11.4. The lowest BCUT2D eigenvalue weighted by Gasteiger charge is -2.30. The molecule has 2 atom stereocenters. The van der Waals surface area contributed by atoms with Crippen LogP contribution >= 0.6 is 0 Å². The summed E-state index contributed by atoms with van der Waals surface area (Å²) >= 11 is 0. The maximum absolute atomic E-state index is 12.6. The van der Waals surface area contributed by atoms with E-state index in [9.17, 15) is 23.1 Å². The molecule has 3 heterocycles. The van der Waals surface area contributed by atoms with Crippen LogP contribution in [0.15, 0.2) is 36.7 Å². The fraction of sp³-hybridized carbons (Fsp3) is 0.522. The molecule has 1 amide bonds. The van der Waals surface area contributed by atoms with Crippen molar-refractivity contribution in [3.63, 3.8) is 0 Å². The molecule has 0 spiro atoms. The lowest BCUT2D eigenvalue weighted by molar-refractivity contribution is -0.143. The number of nitrogens with one attached hydrogen (secondary N) is 2. The molecular formula is C23H29F3N6O2. The van der Waals surface area contributed by atoms with E-state index >= 15 is 0 Å². The summed E-state index contributed by atoms with van der Waals surface area (Å²) in [4.78, 5) is 24.1. The predicted molar refractivity (Wildman–Crippen MR) is 120 cm³/mol. The van der Waals surface area contributed by atoms with Gasteiger partial charge in [-0.3, -0.25) is 14.6 Å². The molecule has 1 aromatic carbocycles. The zero-order valence-corrected chi connectivity index (χ0v) is 18.8. The van der Waals surface area contributed by atoms with E-state index in [1.165, 1.54) is 28.4 Å². The zero-order chi connectivity index (χ0) is 24.1. The highest BCUT2D eigenvalue weighted by Crippen LogP contribution is 2.21. The Kier molecular flexibility index (Phi) is 7.64. The number of halogens is 3. The lowest BCUT2D eigenvalue weighted by Crippen LogP contribution is -2.42. The monoisotopic (exact) mass is 478 g/mol. The summed E-state index contributed by atoms with van der Waals surface area (Å²) in [7, 11) is 0. The second-order valence-corrected chi connectivity index (χ2v) is 8.89. The van der Waals surface area contributed by atoms with Crippen molar-refractivity contribution in [3.05, 3.63) is 53.5 Å². The predicted octanol–water partition coefficient (Wildman–Crippen LogP) is 1.67. The first kappa shape index (κ1) is 24.4. The van der Waals surface area contributed by atoms with Gasteiger partial charge < -0.3 is 15.7 Å². The van der Waals surface area contributed by atoms with E-state index in [1.54, 1.807) is 0 Å². The molecule has 2 aromatic rings. The van der Waals surface area contributed by atoms with Gasteiger partial charge in [0.1, 0.15) is 17.8 Å². The first-order valence-electron chi connectivity index (χ1n) is 11.4. The number of β-amino-alcohol motifs (C(OH)–C–C–N with tert-alkyl or cyclic N) is 1. The number of fused-ring (bicyclic) bond motifs is 1. The minimum atomic E-state index is -4.22. The molecule has 11 heteroatoms. The second-order valence-electron chi connectivity index (χ2n) is 8.89. The van der Waals surface area contributed by atoms with Gasteiger partial charge in [-0.25, -0.2) is 9.97 Å². The minimum absolute atomic E-state index is 0.0821. The number of rotatable bonds is 8. The van der Waals surface area contributed by atoms with Crippen molar-refractivity contribution in [2.45, 2.75) is 37.7 Å². The van der Waals surface area contributed by atoms with E-state index in [0.29, 0.717) is 25.3 Å². The van der Waals surface area contributed by atoms with Crippen molar-refractivity contribution in [1.82, 2.24) is 25.1 Å². The number of likely N-dealkylation sites (tertiary alicyclic amines) is 1. The molecule has 3 N–H and O–H groups in total. The Hall–Kier alpha value is -2.76. The summed E-state index contributed by atoms with van der Waals surface area (Å²) < 4.78 is 37.7. The van der Waals surface area contributed by atoms with Crippen molar-refractivity contribution in [3.8, 4) is 0 Å². The standard InChI is InChI=1S/C23H29F3N6O2/c24-23(25,26)14-32-8-6-18(12-32)30-21-9-20(28-15-29-21)22(34)27-10-19(33)13-31-7-5-16-3-1-2-4-17(16)11-31/h1-4,9,15,18-19,33H,5-8,10-14H2,(H,27,34)(H,28,29,30)/t18?,19-/m0/s1. The summed E-state index contributed by atoms with van der Waals surface area (Å²) in [6.45, 7) is 1.80. The quantitative estimate of drug-likeness (QED) is 0.532. The molecule has 2 aliphatic heterocycles. The maximum Gasteiger partial charge on any atom is 0.401 e. The maximum atomic E-state index is 12.6. The Balaban J connectivity index is 1.23. The molecule has 1 aromatic heterocycles. The third-order valence-corrected chi connectivity index (χ3v) is 6.10. The number of benzene rings is 1. The van der Waals surface area contributed by atoms with E-state index in [-0.39, 0.29) is 24.8 Å². The molecule has 0 bridgehead atoms. The smallest absolute Gasteiger partial charge is 0.390 e. The largest absolute Gasteiger partial charge is 0.401 e. The van der Waals surface area contributed by atoms with Gasteiger partial charge in [0.25, 0.3) is 5.91 Å². The van der Waals surface area contributed by atoms with Gasteiger partial charge in [0.2, 0.25) is 0 Å². The van der Waals surface area contributed by atoms with Gasteiger partial charge in [-0.15, -0.1) is 0 Å². The van der Waals surface area contributed by atoms with E-state index in [2.05, 4.69) is 37.6 Å². The Labute approximate surface area is 196 Å². The van der Waals surface area contributed by atoms with Crippen LogP contribution in [-0.2, 0) is 13.0 Å². The molecule has 2 aliphatic rings. The second kappa shape index (κ2) is 10.7. The van der Waals surface area contributed by atoms with Crippen LogP contribution in [0.2, 0.25) is 0 Å². The van der Waals surface area contributed by atoms with E-state index in [4.69, 9.17) is 0 Å². The summed E-state index contributed by atoms with van der Waals surface area (Å²) in [5.41, 5.74) is 2.72. The first-order chi connectivity index (χ1) is 16.2. The summed E-state index contributed by atoms with van der Waals surface area (Å²) in [6.07, 6.45) is -2.23. The van der Waals surface area contributed by atoms with E-state index in [1.807, 2.05) is 12.1 Å². The third kappa shape index (κ3) is 6.87. The van der Waals surface area contributed by atoms with Gasteiger partial charge >= 0.3 is 6.18 Å². The van der Waals surface area contributed by atoms with Crippen molar-refractivity contribution in [2.75, 3.05) is 44.6 Å². The van der Waals surface area contributed by atoms with Crippen LogP contribution in [0.25, 0.3) is 0 Å². The molecule has 34 heavy (non-hydrogen) atoms. The normalized spacial score (nSPS) is 20.1. The van der Waals surface area contributed by atoms with Gasteiger partial charge in [0.05, 0.1) is 12.6 Å². The lowest BCUT2D eigenvalue weighted by atomic mass is 10.00. The van der Waals surface area contributed by atoms with Gasteiger partial charge in [0.15, 0.2) is 0 Å². The summed E-state index contributed by atoms with van der Waals surface area (Å²) in [5, 5.41) is 16.2. The number of carbonyl (C=O) groups excluding carboxylic acids is 1. The number of aromatic nitrogens is 2. The number of nitrogens with zero attached hydrogens (tertiary/aromatic N) is 4. The van der Waals surface area contributed by atoms with E-state index < -0.39 is 24.7 Å². The highest BCUT2D eigenvalue weighted by molar-refractivity contribution is 5.92. The van der Waals surface area contributed by atoms with Crippen LogP contribution in [-0.4, -0.2) is 88.4 Å². The van der Waals surface area contributed by atoms with Crippen LogP contribution in [0.4, 0.5) is 19.0 Å². The topological polar surface area (TPSA) is 93.6 Å². The summed E-state index contributed by atoms with van der Waals surface area (Å²) in [5.74, 6) is -0.0647. The molecule has 0 saturated carbocycles. The van der Waals surface area contributed by atoms with Crippen LogP contribution < -0.4 is 10.6 Å². The van der Waals surface area contributed by atoms with Crippen molar-refractivity contribution in [1.29, 1.82) is 0 Å². The number of carbonyl (C=O) groups is 1. The minimum Gasteiger partial charge on any atom is -0.390 e. The van der Waals surface area contributed by atoms with Crippen molar-refractivity contribution in [2.24, 2.45) is 0 Å². The molecule has 1 fully saturated rings. The van der Waals surface area contributed by atoms with Gasteiger partial charge in [-0.05, 0) is 24.0 Å². The fourth-order valence-corrected chi connectivity index (χ4v) is 4.49. The Bertz CT molecular complexity index is 989. The van der Waals surface area contributed by atoms with Crippen molar-refractivity contribution < 1.29 is 23.1 Å². The zero-order valence-electron chi connectivity index (χ0n) is 18.8. The third-order valence-electron chi connectivity index (χ3n) is 6.10. The van der Waals surface area contributed by atoms with Crippen LogP contribution in [0.1, 0.15) is 28.0 Å². The average Bonchev–Trinajstić information content (AvgIpc) is 3.22. The Morgan fingerprint density at radius 3 is 2.76 bits per heavy atom. The SMILES string of the molecule is O=C(NC[C@H](O)CN1CCc2ccccc2C1)c1cc(NC2CCN(CC(F)(F)F)C2)ncn1. The number of anilines is 1. The van der Waals surface area contributed by atoms with Gasteiger partial charge in [-0.1, -0.05) is 24.3 Å². The van der Waals surface area contributed by atoms with Crippen molar-refractivity contribution >= 4 is 11.7 Å². The molecule has 1 unspecified atom stereocenters. The number of alkyl halides is 3. The Morgan fingerprint density at radius 1 is 1.18 bits per heavy atom. The molecule has 0 aliphatic carbocycles. The Morgan fingerprint density at radius 2 is 1.97 bits per heavy atom. The summed E-state index contributed by atoms with van der Waals surface area (Å²) in [6, 6.07) is 9.54.